The van der Waals surface area contributed by atoms with E-state index >= 15 is 0 Å². The van der Waals surface area contributed by atoms with Crippen molar-refractivity contribution in [2.24, 2.45) is 0 Å². The highest BCUT2D eigenvalue weighted by Crippen LogP contribution is 2.15. The SMILES string of the molecule is Cc1cc(Cl)ccc1C(=O)NS(=O)(=O)/C=C/c1ccccc1. The molecule has 2 rings (SSSR count). The number of amides is 1. The number of carbonyl (C=O) groups excluding carboxylic acids is 1. The van der Waals surface area contributed by atoms with Gasteiger partial charge in [-0.2, -0.15) is 0 Å². The number of sulfonamides is 1. The molecule has 0 aliphatic carbocycles. The quantitative estimate of drug-likeness (QED) is 0.931. The number of nitrogens with one attached hydrogen (secondary N) is 1. The minimum atomic E-state index is -3.87. The summed E-state index contributed by atoms with van der Waals surface area (Å²) in [6.07, 6.45) is 1.42. The third-order valence-electron chi connectivity index (χ3n) is 2.91. The highest BCUT2D eigenvalue weighted by molar-refractivity contribution is 7.93. The van der Waals surface area contributed by atoms with Crippen LogP contribution in [-0.4, -0.2) is 14.3 Å². The van der Waals surface area contributed by atoms with Crippen LogP contribution < -0.4 is 4.72 Å². The molecule has 0 bridgehead atoms. The molecule has 4 nitrogen and oxygen atoms in total. The molecule has 1 amide bonds. The van der Waals surface area contributed by atoms with Crippen molar-refractivity contribution in [2.75, 3.05) is 0 Å². The average Bonchev–Trinajstić information content (AvgIpc) is 2.45. The highest BCUT2D eigenvalue weighted by atomic mass is 35.5. The summed E-state index contributed by atoms with van der Waals surface area (Å²) in [5, 5.41) is 1.45. The Morgan fingerprint density at radius 3 is 2.45 bits per heavy atom. The van der Waals surface area contributed by atoms with E-state index in [-0.39, 0.29) is 5.56 Å². The van der Waals surface area contributed by atoms with Crippen LogP contribution in [-0.2, 0) is 10.0 Å². The van der Waals surface area contributed by atoms with Crippen LogP contribution in [0.4, 0.5) is 0 Å². The molecule has 22 heavy (non-hydrogen) atoms. The van der Waals surface area contributed by atoms with E-state index in [0.29, 0.717) is 10.6 Å². The minimum absolute atomic E-state index is 0.265. The van der Waals surface area contributed by atoms with Crippen LogP contribution in [0, 0.1) is 6.92 Å². The van der Waals surface area contributed by atoms with Gasteiger partial charge in [0.25, 0.3) is 15.9 Å². The Morgan fingerprint density at radius 2 is 1.82 bits per heavy atom. The van der Waals surface area contributed by atoms with Gasteiger partial charge in [-0.3, -0.25) is 4.79 Å². The summed E-state index contributed by atoms with van der Waals surface area (Å²) in [6, 6.07) is 13.6. The Kier molecular flexibility index (Phi) is 5.00. The number of aryl methyl sites for hydroxylation is 1. The molecule has 1 N–H and O–H groups in total. The van der Waals surface area contributed by atoms with E-state index in [0.717, 1.165) is 11.0 Å². The van der Waals surface area contributed by atoms with Gasteiger partial charge in [-0.1, -0.05) is 41.9 Å². The molecule has 0 saturated heterocycles. The maximum absolute atomic E-state index is 12.0. The molecule has 0 fully saturated rings. The average molecular weight is 336 g/mol. The number of hydrogen-bond acceptors (Lipinski definition) is 3. The molecular weight excluding hydrogens is 322 g/mol. The van der Waals surface area contributed by atoms with Crippen molar-refractivity contribution in [1.82, 2.24) is 4.72 Å². The molecule has 114 valence electrons. The van der Waals surface area contributed by atoms with Crippen LogP contribution >= 0.6 is 11.6 Å². The molecule has 6 heteroatoms. The molecule has 0 heterocycles. The standard InChI is InChI=1S/C16H14ClNO3S/c1-12-11-14(17)7-8-15(12)16(19)18-22(20,21)10-9-13-5-3-2-4-6-13/h2-11H,1H3,(H,18,19)/b10-9+. The van der Waals surface area contributed by atoms with Gasteiger partial charge in [-0.15, -0.1) is 0 Å². The number of hydrogen-bond donors (Lipinski definition) is 1. The van der Waals surface area contributed by atoms with Gasteiger partial charge in [-0.25, -0.2) is 13.1 Å². The fourth-order valence-electron chi connectivity index (χ4n) is 1.83. The molecule has 0 unspecified atom stereocenters. The molecule has 0 atom stereocenters. The summed E-state index contributed by atoms with van der Waals surface area (Å²) in [6.45, 7) is 1.69. The van der Waals surface area contributed by atoms with Crippen LogP contribution in [0.15, 0.2) is 53.9 Å². The molecule has 0 radical (unpaired) electrons. The number of benzene rings is 2. The molecule has 0 spiro atoms. The first-order chi connectivity index (χ1) is 10.4. The lowest BCUT2D eigenvalue weighted by atomic mass is 10.1. The lowest BCUT2D eigenvalue weighted by Gasteiger charge is -2.06. The Morgan fingerprint density at radius 1 is 1.14 bits per heavy atom. The zero-order valence-electron chi connectivity index (χ0n) is 11.8. The topological polar surface area (TPSA) is 63.2 Å². The Hall–Kier alpha value is -2.11. The smallest absolute Gasteiger partial charge is 0.265 e. The molecule has 0 aliphatic heterocycles. The first-order valence-electron chi connectivity index (χ1n) is 6.44. The van der Waals surface area contributed by atoms with Crippen LogP contribution in [0.2, 0.25) is 5.02 Å². The van der Waals surface area contributed by atoms with E-state index in [1.54, 1.807) is 37.3 Å². The maximum atomic E-state index is 12.0. The molecule has 2 aromatic carbocycles. The van der Waals surface area contributed by atoms with Crippen molar-refractivity contribution >= 4 is 33.6 Å². The van der Waals surface area contributed by atoms with Crippen molar-refractivity contribution in [2.45, 2.75) is 6.92 Å². The third kappa shape index (κ3) is 4.44. The minimum Gasteiger partial charge on any atom is -0.268 e. The third-order valence-corrected chi connectivity index (χ3v) is 4.11. The van der Waals surface area contributed by atoms with E-state index in [1.807, 2.05) is 10.8 Å². The molecule has 0 aliphatic rings. The van der Waals surface area contributed by atoms with Crippen LogP contribution in [0.1, 0.15) is 21.5 Å². The van der Waals surface area contributed by atoms with E-state index in [1.165, 1.54) is 18.2 Å². The summed E-state index contributed by atoms with van der Waals surface area (Å²) in [4.78, 5) is 12.0. The van der Waals surface area contributed by atoms with E-state index < -0.39 is 15.9 Å². The molecule has 0 aromatic heterocycles. The molecular formula is C16H14ClNO3S. The van der Waals surface area contributed by atoms with Crippen LogP contribution in [0.3, 0.4) is 0 Å². The van der Waals surface area contributed by atoms with Gasteiger partial charge in [0.1, 0.15) is 0 Å². The zero-order valence-corrected chi connectivity index (χ0v) is 13.4. The van der Waals surface area contributed by atoms with Gasteiger partial charge in [0.05, 0.1) is 5.41 Å². The lowest BCUT2D eigenvalue weighted by Crippen LogP contribution is -2.29. The normalized spacial score (nSPS) is 11.5. The monoisotopic (exact) mass is 335 g/mol. The van der Waals surface area contributed by atoms with Gasteiger partial charge in [0.15, 0.2) is 0 Å². The molecule has 2 aromatic rings. The predicted octanol–water partition coefficient (Wildman–Crippen LogP) is 3.38. The first kappa shape index (κ1) is 16.3. The van der Waals surface area contributed by atoms with Crippen molar-refractivity contribution < 1.29 is 13.2 Å². The maximum Gasteiger partial charge on any atom is 0.265 e. The van der Waals surface area contributed by atoms with Gasteiger partial charge in [0, 0.05) is 10.6 Å². The number of rotatable bonds is 4. The van der Waals surface area contributed by atoms with Gasteiger partial charge in [0.2, 0.25) is 0 Å². The highest BCUT2D eigenvalue weighted by Gasteiger charge is 2.15. The largest absolute Gasteiger partial charge is 0.268 e. The van der Waals surface area contributed by atoms with Gasteiger partial charge in [-0.05, 0) is 42.3 Å². The van der Waals surface area contributed by atoms with E-state index in [2.05, 4.69) is 0 Å². The number of halogens is 1. The van der Waals surface area contributed by atoms with Crippen molar-refractivity contribution in [3.05, 3.63) is 75.7 Å². The van der Waals surface area contributed by atoms with Gasteiger partial charge < -0.3 is 0 Å². The second kappa shape index (κ2) is 6.77. The lowest BCUT2D eigenvalue weighted by molar-refractivity contribution is 0.0981. The second-order valence-corrected chi connectivity index (χ2v) is 6.65. The summed E-state index contributed by atoms with van der Waals surface area (Å²) in [5.74, 6) is -0.688. The summed E-state index contributed by atoms with van der Waals surface area (Å²) in [5.41, 5.74) is 1.59. The summed E-state index contributed by atoms with van der Waals surface area (Å²) < 4.78 is 25.8. The fourth-order valence-corrected chi connectivity index (χ4v) is 2.83. The van der Waals surface area contributed by atoms with Crippen molar-refractivity contribution in [3.8, 4) is 0 Å². The van der Waals surface area contributed by atoms with Crippen LogP contribution in [0.25, 0.3) is 6.08 Å². The summed E-state index contributed by atoms with van der Waals surface area (Å²) >= 11 is 5.81. The Labute approximate surface area is 134 Å². The number of carbonyl (C=O) groups is 1. The summed E-state index contributed by atoms with van der Waals surface area (Å²) in [7, 11) is -3.87. The van der Waals surface area contributed by atoms with Gasteiger partial charge >= 0.3 is 0 Å². The van der Waals surface area contributed by atoms with Crippen LogP contribution in [0.5, 0.6) is 0 Å². The van der Waals surface area contributed by atoms with Crippen molar-refractivity contribution in [3.63, 3.8) is 0 Å². The fraction of sp³-hybridized carbons (Fsp3) is 0.0625. The first-order valence-corrected chi connectivity index (χ1v) is 8.36. The Bertz CT molecular complexity index is 815. The van der Waals surface area contributed by atoms with Crippen molar-refractivity contribution in [1.29, 1.82) is 0 Å². The van der Waals surface area contributed by atoms with E-state index in [9.17, 15) is 13.2 Å². The van der Waals surface area contributed by atoms with E-state index in [4.69, 9.17) is 11.6 Å². The predicted molar refractivity (Wildman–Crippen MR) is 88.1 cm³/mol. The molecule has 0 saturated carbocycles. The Balaban J connectivity index is 2.14. The second-order valence-electron chi connectivity index (χ2n) is 4.65. The zero-order chi connectivity index (χ0) is 16.2.